The van der Waals surface area contributed by atoms with Crippen molar-refractivity contribution in [2.24, 2.45) is 0 Å². The van der Waals surface area contributed by atoms with Gasteiger partial charge in [-0.2, -0.15) is 0 Å². The van der Waals surface area contributed by atoms with Gasteiger partial charge in [0.25, 0.3) is 0 Å². The molecule has 0 bridgehead atoms. The molecular formula is C28H25BrN2O3. The van der Waals surface area contributed by atoms with Gasteiger partial charge in [0.2, 0.25) is 0 Å². The molecule has 0 unspecified atom stereocenters. The molecule has 1 aliphatic heterocycles. The summed E-state index contributed by atoms with van der Waals surface area (Å²) < 4.78 is 8.40. The normalized spacial score (nSPS) is 17.0. The summed E-state index contributed by atoms with van der Waals surface area (Å²) in [5.41, 5.74) is 9.16. The third kappa shape index (κ3) is 3.20. The SMILES string of the molecule is COC(=O)C1=C(C)NC2=C(C(=O)c3ccccc32)[C@@H]1c1cc(C)n(-c2ccc(Br)c(C)c2)c1C. The van der Waals surface area contributed by atoms with Crippen molar-refractivity contribution in [2.45, 2.75) is 33.6 Å². The van der Waals surface area contributed by atoms with Crippen LogP contribution in [0.4, 0.5) is 0 Å². The van der Waals surface area contributed by atoms with Crippen molar-refractivity contribution >= 4 is 33.4 Å². The largest absolute Gasteiger partial charge is 0.466 e. The summed E-state index contributed by atoms with van der Waals surface area (Å²) in [7, 11) is 1.38. The molecule has 2 aliphatic rings. The molecule has 0 saturated carbocycles. The maximum Gasteiger partial charge on any atom is 0.336 e. The first-order valence-electron chi connectivity index (χ1n) is 11.1. The highest BCUT2D eigenvalue weighted by Gasteiger charge is 2.43. The Labute approximate surface area is 207 Å². The lowest BCUT2D eigenvalue weighted by atomic mass is 9.79. The summed E-state index contributed by atoms with van der Waals surface area (Å²) in [6.45, 7) is 8.01. The molecule has 2 aromatic carbocycles. The minimum absolute atomic E-state index is 0.0544. The van der Waals surface area contributed by atoms with Gasteiger partial charge in [-0.3, -0.25) is 4.79 Å². The van der Waals surface area contributed by atoms with E-state index in [1.807, 2.05) is 51.1 Å². The van der Waals surface area contributed by atoms with E-state index in [1.165, 1.54) is 7.11 Å². The van der Waals surface area contributed by atoms with Crippen LogP contribution in [0.15, 0.2) is 69.8 Å². The first kappa shape index (κ1) is 22.4. The Morgan fingerprint density at radius 3 is 2.41 bits per heavy atom. The molecule has 3 aromatic rings. The second kappa shape index (κ2) is 8.13. The number of hydrogen-bond donors (Lipinski definition) is 1. The number of aryl methyl sites for hydroxylation is 2. The predicted octanol–water partition coefficient (Wildman–Crippen LogP) is 5.91. The van der Waals surface area contributed by atoms with E-state index >= 15 is 0 Å². The van der Waals surface area contributed by atoms with Crippen LogP contribution in [0.2, 0.25) is 0 Å². The number of aromatic nitrogens is 1. The van der Waals surface area contributed by atoms with Gasteiger partial charge in [-0.25, -0.2) is 4.79 Å². The molecule has 1 atom stereocenters. The number of ether oxygens (including phenoxy) is 1. The van der Waals surface area contributed by atoms with E-state index < -0.39 is 11.9 Å². The molecule has 5 nitrogen and oxygen atoms in total. The van der Waals surface area contributed by atoms with Gasteiger partial charge >= 0.3 is 5.97 Å². The van der Waals surface area contributed by atoms with Crippen LogP contribution in [0.3, 0.4) is 0 Å². The van der Waals surface area contributed by atoms with E-state index in [0.29, 0.717) is 22.4 Å². The summed E-state index contributed by atoms with van der Waals surface area (Å²) in [6, 6.07) is 15.9. The van der Waals surface area contributed by atoms with E-state index in [2.05, 4.69) is 50.9 Å². The van der Waals surface area contributed by atoms with Crippen molar-refractivity contribution in [3.05, 3.63) is 103 Å². The summed E-state index contributed by atoms with van der Waals surface area (Å²) in [4.78, 5) is 26.7. The van der Waals surface area contributed by atoms with Crippen molar-refractivity contribution in [3.8, 4) is 5.69 Å². The Kier molecular flexibility index (Phi) is 5.36. The minimum atomic E-state index is -0.528. The molecule has 0 saturated heterocycles. The van der Waals surface area contributed by atoms with E-state index in [4.69, 9.17) is 4.74 Å². The maximum atomic E-state index is 13.6. The monoisotopic (exact) mass is 516 g/mol. The average Bonchev–Trinajstić information content (AvgIpc) is 3.27. The summed E-state index contributed by atoms with van der Waals surface area (Å²) in [5.74, 6) is -1.02. The number of hydrogen-bond acceptors (Lipinski definition) is 4. The summed E-state index contributed by atoms with van der Waals surface area (Å²) >= 11 is 3.58. The highest BCUT2D eigenvalue weighted by molar-refractivity contribution is 9.10. The highest BCUT2D eigenvalue weighted by Crippen LogP contribution is 2.48. The summed E-state index contributed by atoms with van der Waals surface area (Å²) in [5, 5.41) is 3.34. The number of Topliss-reactive ketones (excluding diaryl/α,β-unsaturated/α-hetero) is 1. The molecule has 34 heavy (non-hydrogen) atoms. The molecule has 1 aromatic heterocycles. The van der Waals surface area contributed by atoms with Crippen molar-refractivity contribution in [2.75, 3.05) is 7.11 Å². The van der Waals surface area contributed by atoms with Gasteiger partial charge in [-0.05, 0) is 63.1 Å². The maximum absolute atomic E-state index is 13.6. The third-order valence-corrected chi connectivity index (χ3v) is 7.72. The second-order valence-corrected chi connectivity index (χ2v) is 9.70. The molecule has 0 spiro atoms. The number of carbonyl (C=O) groups is 2. The standard InChI is InChI=1S/C28H25BrN2O3/c1-14-12-18(10-11-22(14)29)31-15(2)13-21(17(31)4)24-23(28(33)34-5)16(3)30-26-19-8-6-7-9-20(19)27(32)25(24)26/h6-13,24,30H,1-5H3/t24-/m1/s1. The van der Waals surface area contributed by atoms with E-state index in [1.54, 1.807) is 0 Å². The lowest BCUT2D eigenvalue weighted by molar-refractivity contribution is -0.136. The Morgan fingerprint density at radius 2 is 1.74 bits per heavy atom. The van der Waals surface area contributed by atoms with Gasteiger partial charge in [0.15, 0.2) is 5.78 Å². The van der Waals surface area contributed by atoms with Crippen LogP contribution in [0, 0.1) is 20.8 Å². The average molecular weight is 517 g/mol. The molecule has 0 radical (unpaired) electrons. The predicted molar refractivity (Wildman–Crippen MR) is 136 cm³/mol. The van der Waals surface area contributed by atoms with Crippen LogP contribution in [0.1, 0.15) is 51.3 Å². The van der Waals surface area contributed by atoms with Crippen LogP contribution in [-0.4, -0.2) is 23.4 Å². The Balaban J connectivity index is 1.75. The number of fused-ring (bicyclic) bond motifs is 2. The lowest BCUT2D eigenvalue weighted by Gasteiger charge is -2.29. The molecule has 5 rings (SSSR count). The van der Waals surface area contributed by atoms with Crippen LogP contribution in [0.5, 0.6) is 0 Å². The lowest BCUT2D eigenvalue weighted by Crippen LogP contribution is -2.29. The number of esters is 1. The molecule has 6 heteroatoms. The molecule has 0 amide bonds. The van der Waals surface area contributed by atoms with Gasteiger partial charge in [0, 0.05) is 43.9 Å². The van der Waals surface area contributed by atoms with Crippen LogP contribution in [-0.2, 0) is 9.53 Å². The number of benzene rings is 2. The second-order valence-electron chi connectivity index (χ2n) is 8.85. The number of allylic oxidation sites excluding steroid dienone is 2. The van der Waals surface area contributed by atoms with Crippen molar-refractivity contribution in [1.29, 1.82) is 0 Å². The zero-order valence-corrected chi connectivity index (χ0v) is 21.3. The minimum Gasteiger partial charge on any atom is -0.466 e. The Morgan fingerprint density at radius 1 is 1.03 bits per heavy atom. The Hall–Kier alpha value is -3.38. The van der Waals surface area contributed by atoms with Gasteiger partial charge in [-0.15, -0.1) is 0 Å². The number of nitrogens with zero attached hydrogens (tertiary/aromatic N) is 1. The van der Waals surface area contributed by atoms with Crippen molar-refractivity contribution < 1.29 is 14.3 Å². The van der Waals surface area contributed by atoms with Crippen molar-refractivity contribution in [3.63, 3.8) is 0 Å². The quantitative estimate of drug-likeness (QED) is 0.439. The molecule has 0 fully saturated rings. The highest BCUT2D eigenvalue weighted by atomic mass is 79.9. The van der Waals surface area contributed by atoms with Gasteiger partial charge in [-0.1, -0.05) is 40.2 Å². The van der Waals surface area contributed by atoms with Crippen molar-refractivity contribution in [1.82, 2.24) is 9.88 Å². The van der Waals surface area contributed by atoms with Gasteiger partial charge in [0.1, 0.15) is 0 Å². The van der Waals surface area contributed by atoms with Gasteiger partial charge < -0.3 is 14.6 Å². The number of halogens is 1. The first-order chi connectivity index (χ1) is 16.2. The number of rotatable bonds is 3. The number of nitrogens with one attached hydrogen (secondary N) is 1. The zero-order chi connectivity index (χ0) is 24.3. The zero-order valence-electron chi connectivity index (χ0n) is 19.7. The third-order valence-electron chi connectivity index (χ3n) is 6.84. The van der Waals surface area contributed by atoms with Crippen LogP contribution >= 0.6 is 15.9 Å². The van der Waals surface area contributed by atoms with E-state index in [9.17, 15) is 9.59 Å². The number of ketones is 1. The van der Waals surface area contributed by atoms with E-state index in [0.717, 1.165) is 43.9 Å². The number of dihydropyridines is 1. The van der Waals surface area contributed by atoms with E-state index in [-0.39, 0.29) is 5.78 Å². The smallest absolute Gasteiger partial charge is 0.336 e. The fraction of sp³-hybridized carbons (Fsp3) is 0.214. The molecule has 2 heterocycles. The van der Waals surface area contributed by atoms with Crippen LogP contribution in [0.25, 0.3) is 11.4 Å². The molecule has 172 valence electrons. The Bertz CT molecular complexity index is 1460. The first-order valence-corrected chi connectivity index (χ1v) is 11.9. The number of carbonyl (C=O) groups excluding carboxylic acids is 2. The number of methoxy groups -OCH3 is 1. The summed E-state index contributed by atoms with van der Waals surface area (Å²) in [6.07, 6.45) is 0. The molecule has 1 N–H and O–H groups in total. The molecule has 1 aliphatic carbocycles. The van der Waals surface area contributed by atoms with Crippen LogP contribution < -0.4 is 5.32 Å². The fourth-order valence-corrected chi connectivity index (χ4v) is 5.51. The molecular weight excluding hydrogens is 492 g/mol. The topological polar surface area (TPSA) is 60.3 Å². The fourth-order valence-electron chi connectivity index (χ4n) is 5.27. The van der Waals surface area contributed by atoms with Gasteiger partial charge in [0.05, 0.1) is 24.3 Å².